The second kappa shape index (κ2) is 8.75. The van der Waals surface area contributed by atoms with Crippen LogP contribution in [-0.2, 0) is 0 Å². The van der Waals surface area contributed by atoms with Gasteiger partial charge in [0.25, 0.3) is 0 Å². The number of halogens is 1. The third kappa shape index (κ3) is 4.50. The molecule has 4 rings (SSSR count). The van der Waals surface area contributed by atoms with Gasteiger partial charge in [-0.25, -0.2) is 10.2 Å². The van der Waals surface area contributed by atoms with Gasteiger partial charge in [-0.05, 0) is 62.9 Å². The summed E-state index contributed by atoms with van der Waals surface area (Å²) in [6, 6.07) is 4.43. The molecular weight excluding hydrogens is 383 g/mol. The van der Waals surface area contributed by atoms with Crippen LogP contribution in [0.1, 0.15) is 41.7 Å². The molecular formula is C22H31FN6O. The van der Waals surface area contributed by atoms with Gasteiger partial charge < -0.3 is 26.4 Å². The van der Waals surface area contributed by atoms with Gasteiger partial charge in [0.15, 0.2) is 5.78 Å². The Kier molecular flexibility index (Phi) is 6.08. The Bertz CT molecular complexity index is 942. The van der Waals surface area contributed by atoms with E-state index in [2.05, 4.69) is 9.88 Å². The highest BCUT2D eigenvalue weighted by Gasteiger charge is 2.34. The van der Waals surface area contributed by atoms with E-state index in [-0.39, 0.29) is 17.5 Å². The second-order valence-corrected chi connectivity index (χ2v) is 8.56. The third-order valence-corrected chi connectivity index (χ3v) is 6.17. The number of H-pyrrole nitrogens is 1. The molecule has 1 aromatic carbocycles. The SMILES string of the molecule is NCCN1CCC(CN(N)/C=C(\N)c2c(C(=O)C3CC3)[nH]c3ccc(F)cc23)CC1. The minimum Gasteiger partial charge on any atom is -0.397 e. The number of nitrogens with one attached hydrogen (secondary N) is 1. The number of aromatic amines is 1. The number of aromatic nitrogens is 1. The number of ketones is 1. The molecule has 7 N–H and O–H groups in total. The topological polar surface area (TPSA) is 117 Å². The Hall–Kier alpha value is -2.42. The Balaban J connectivity index is 1.53. The molecule has 7 nitrogen and oxygen atoms in total. The first-order valence-corrected chi connectivity index (χ1v) is 10.7. The van der Waals surface area contributed by atoms with Gasteiger partial charge in [-0.2, -0.15) is 0 Å². The number of benzene rings is 1. The number of hydrogen-bond acceptors (Lipinski definition) is 6. The Labute approximate surface area is 176 Å². The van der Waals surface area contributed by atoms with Gasteiger partial charge in [0.05, 0.1) is 11.4 Å². The predicted molar refractivity (Wildman–Crippen MR) is 117 cm³/mol. The molecule has 162 valence electrons. The van der Waals surface area contributed by atoms with Crippen molar-refractivity contribution >= 4 is 22.4 Å². The molecule has 1 aromatic heterocycles. The maximum atomic E-state index is 13.9. The largest absolute Gasteiger partial charge is 0.397 e. The maximum absolute atomic E-state index is 13.9. The average Bonchev–Trinajstić information content (AvgIpc) is 3.49. The summed E-state index contributed by atoms with van der Waals surface area (Å²) in [7, 11) is 0. The van der Waals surface area contributed by atoms with E-state index in [1.54, 1.807) is 17.3 Å². The van der Waals surface area contributed by atoms with Crippen molar-refractivity contribution in [2.45, 2.75) is 25.7 Å². The first-order valence-electron chi connectivity index (χ1n) is 10.7. The van der Waals surface area contributed by atoms with Crippen LogP contribution in [-0.4, -0.2) is 53.4 Å². The van der Waals surface area contributed by atoms with E-state index in [1.807, 2.05) is 0 Å². The van der Waals surface area contributed by atoms with E-state index >= 15 is 0 Å². The Morgan fingerprint density at radius 2 is 2.00 bits per heavy atom. The summed E-state index contributed by atoms with van der Waals surface area (Å²) in [4.78, 5) is 18.3. The van der Waals surface area contributed by atoms with Crippen LogP contribution in [0.5, 0.6) is 0 Å². The quantitative estimate of drug-likeness (QED) is 0.298. The lowest BCUT2D eigenvalue weighted by atomic mass is 9.96. The number of carbonyl (C=O) groups excluding carboxylic acids is 1. The lowest BCUT2D eigenvalue weighted by Crippen LogP contribution is -2.41. The molecule has 30 heavy (non-hydrogen) atoms. The van der Waals surface area contributed by atoms with Gasteiger partial charge in [-0.15, -0.1) is 0 Å². The van der Waals surface area contributed by atoms with Crippen molar-refractivity contribution in [3.8, 4) is 0 Å². The lowest BCUT2D eigenvalue weighted by molar-refractivity contribution is 0.0963. The van der Waals surface area contributed by atoms with Crippen molar-refractivity contribution in [2.24, 2.45) is 29.1 Å². The molecule has 2 heterocycles. The van der Waals surface area contributed by atoms with Gasteiger partial charge in [0.1, 0.15) is 5.82 Å². The summed E-state index contributed by atoms with van der Waals surface area (Å²) in [5, 5.41) is 2.21. The number of piperidine rings is 1. The number of nitrogens with two attached hydrogens (primary N) is 3. The van der Waals surface area contributed by atoms with Crippen LogP contribution in [0.3, 0.4) is 0 Å². The molecule has 0 bridgehead atoms. The summed E-state index contributed by atoms with van der Waals surface area (Å²) in [6.07, 6.45) is 5.56. The maximum Gasteiger partial charge on any atom is 0.182 e. The van der Waals surface area contributed by atoms with E-state index in [4.69, 9.17) is 17.3 Å². The standard InChI is InChI=1S/C22H31FN6O/c23-16-3-4-19-17(11-16)20(21(27-19)22(30)15-1-2-15)18(25)13-29(26)12-14-5-8-28(9-6-14)10-7-24/h3-4,11,13-15,27H,1-2,5-10,12,24-26H2/b18-13-. The van der Waals surface area contributed by atoms with Gasteiger partial charge in [-0.3, -0.25) is 4.79 Å². The van der Waals surface area contributed by atoms with E-state index < -0.39 is 0 Å². The summed E-state index contributed by atoms with van der Waals surface area (Å²) in [5.41, 5.74) is 14.1. The molecule has 0 unspecified atom stereocenters. The van der Waals surface area contributed by atoms with Crippen molar-refractivity contribution in [3.63, 3.8) is 0 Å². The summed E-state index contributed by atoms with van der Waals surface area (Å²) in [5.74, 6) is 6.42. The Morgan fingerprint density at radius 3 is 2.67 bits per heavy atom. The second-order valence-electron chi connectivity index (χ2n) is 8.56. The molecule has 0 atom stereocenters. The van der Waals surface area contributed by atoms with Gasteiger partial charge in [0, 0.05) is 48.2 Å². The number of nitrogens with zero attached hydrogens (tertiary/aromatic N) is 2. The predicted octanol–water partition coefficient (Wildman–Crippen LogP) is 2.00. The van der Waals surface area contributed by atoms with Crippen molar-refractivity contribution in [2.75, 3.05) is 32.7 Å². The van der Waals surface area contributed by atoms with Crippen LogP contribution in [0.15, 0.2) is 24.4 Å². The number of Topliss-reactive ketones (excluding diaryl/α,β-unsaturated/α-hetero) is 1. The van der Waals surface area contributed by atoms with E-state index in [1.165, 1.54) is 12.1 Å². The highest BCUT2D eigenvalue weighted by molar-refractivity contribution is 6.08. The van der Waals surface area contributed by atoms with Crippen LogP contribution in [0.25, 0.3) is 16.6 Å². The molecule has 8 heteroatoms. The normalized spacial score (nSPS) is 18.8. The average molecular weight is 415 g/mol. The fraction of sp³-hybridized carbons (Fsp3) is 0.500. The monoisotopic (exact) mass is 414 g/mol. The lowest BCUT2D eigenvalue weighted by Gasteiger charge is -2.33. The van der Waals surface area contributed by atoms with Crippen molar-refractivity contribution < 1.29 is 9.18 Å². The van der Waals surface area contributed by atoms with Gasteiger partial charge >= 0.3 is 0 Å². The van der Waals surface area contributed by atoms with Crippen molar-refractivity contribution in [3.05, 3.63) is 41.5 Å². The van der Waals surface area contributed by atoms with Crippen LogP contribution in [0.2, 0.25) is 0 Å². The van der Waals surface area contributed by atoms with Crippen LogP contribution >= 0.6 is 0 Å². The van der Waals surface area contributed by atoms with E-state index in [0.717, 1.165) is 45.3 Å². The molecule has 0 spiro atoms. The third-order valence-electron chi connectivity index (χ3n) is 6.17. The number of likely N-dealkylation sites (tertiary alicyclic amines) is 1. The van der Waals surface area contributed by atoms with Crippen LogP contribution in [0, 0.1) is 17.7 Å². The fourth-order valence-corrected chi connectivity index (χ4v) is 4.37. The number of rotatable bonds is 8. The van der Waals surface area contributed by atoms with Crippen molar-refractivity contribution in [1.29, 1.82) is 0 Å². The molecule has 1 aliphatic carbocycles. The highest BCUT2D eigenvalue weighted by atomic mass is 19.1. The molecule has 1 saturated heterocycles. The molecule has 2 fully saturated rings. The number of fused-ring (bicyclic) bond motifs is 1. The molecule has 0 amide bonds. The Morgan fingerprint density at radius 1 is 1.27 bits per heavy atom. The first-order chi connectivity index (χ1) is 14.5. The van der Waals surface area contributed by atoms with Crippen LogP contribution in [0.4, 0.5) is 4.39 Å². The minimum atomic E-state index is -0.366. The molecule has 2 aromatic rings. The zero-order chi connectivity index (χ0) is 21.3. The first kappa shape index (κ1) is 20.8. The molecule has 1 saturated carbocycles. The van der Waals surface area contributed by atoms with E-state index in [9.17, 15) is 9.18 Å². The zero-order valence-corrected chi connectivity index (χ0v) is 17.2. The molecule has 0 radical (unpaired) electrons. The number of carbonyl (C=O) groups is 1. The smallest absolute Gasteiger partial charge is 0.182 e. The number of hydrazine groups is 1. The van der Waals surface area contributed by atoms with E-state index in [0.29, 0.717) is 46.9 Å². The number of hydrogen-bond donors (Lipinski definition) is 4. The minimum absolute atomic E-state index is 0.0298. The van der Waals surface area contributed by atoms with Gasteiger partial charge in [0.2, 0.25) is 0 Å². The van der Waals surface area contributed by atoms with Gasteiger partial charge in [-0.1, -0.05) is 0 Å². The zero-order valence-electron chi connectivity index (χ0n) is 17.2. The van der Waals surface area contributed by atoms with Crippen molar-refractivity contribution in [1.82, 2.24) is 14.9 Å². The molecule has 2 aliphatic rings. The highest BCUT2D eigenvalue weighted by Crippen LogP contribution is 2.36. The summed E-state index contributed by atoms with van der Waals surface area (Å²) in [6.45, 7) is 4.34. The fourth-order valence-electron chi connectivity index (χ4n) is 4.37. The summed E-state index contributed by atoms with van der Waals surface area (Å²) < 4.78 is 13.9. The summed E-state index contributed by atoms with van der Waals surface area (Å²) >= 11 is 0. The molecule has 1 aliphatic heterocycles. The van der Waals surface area contributed by atoms with Crippen LogP contribution < -0.4 is 17.3 Å².